The van der Waals surface area contributed by atoms with Crippen molar-refractivity contribution in [3.05, 3.63) is 58.6 Å². The van der Waals surface area contributed by atoms with Crippen LogP contribution < -0.4 is 10.6 Å². The van der Waals surface area contributed by atoms with Gasteiger partial charge in [0, 0.05) is 5.69 Å². The lowest BCUT2D eigenvalue weighted by Crippen LogP contribution is -2.21. The van der Waals surface area contributed by atoms with Crippen LogP contribution in [0, 0.1) is 0 Å². The molecule has 2 N–H and O–H groups in total. The Balaban J connectivity index is 1.94. The van der Waals surface area contributed by atoms with Gasteiger partial charge >= 0.3 is 0 Å². The number of nitrogens with one attached hydrogen (secondary N) is 2. The van der Waals surface area contributed by atoms with E-state index in [9.17, 15) is 9.59 Å². The van der Waals surface area contributed by atoms with Crippen LogP contribution in [0.15, 0.2) is 48.5 Å². The van der Waals surface area contributed by atoms with Gasteiger partial charge in [0.05, 0.1) is 15.7 Å². The highest BCUT2D eigenvalue weighted by atomic mass is 35.5. The fourth-order valence-electron chi connectivity index (χ4n) is 1.67. The average molecular weight is 323 g/mol. The maximum atomic E-state index is 11.8. The van der Waals surface area contributed by atoms with Gasteiger partial charge in [0.2, 0.25) is 11.8 Å². The van der Waals surface area contributed by atoms with Gasteiger partial charge in [-0.3, -0.25) is 9.59 Å². The highest BCUT2D eigenvalue weighted by molar-refractivity contribution is 6.39. The number of rotatable bonds is 4. The molecule has 2 aromatic rings. The lowest BCUT2D eigenvalue weighted by Gasteiger charge is -2.09. The number of carbonyl (C=O) groups excluding carboxylic acids is 2. The molecule has 0 aliphatic heterocycles. The molecule has 0 unspecified atom stereocenters. The zero-order valence-corrected chi connectivity index (χ0v) is 12.4. The topological polar surface area (TPSA) is 58.2 Å². The number of para-hydroxylation sites is 2. The molecule has 0 atom stereocenters. The van der Waals surface area contributed by atoms with E-state index in [0.717, 1.165) is 0 Å². The molecule has 0 bridgehead atoms. The average Bonchev–Trinajstić information content (AvgIpc) is 2.44. The molecule has 21 heavy (non-hydrogen) atoms. The number of carbonyl (C=O) groups is 2. The van der Waals surface area contributed by atoms with Crippen LogP contribution >= 0.6 is 23.2 Å². The van der Waals surface area contributed by atoms with Crippen LogP contribution in [0.25, 0.3) is 0 Å². The van der Waals surface area contributed by atoms with Crippen molar-refractivity contribution >= 4 is 46.4 Å². The molecule has 6 heteroatoms. The first-order chi connectivity index (χ1) is 10.1. The van der Waals surface area contributed by atoms with Crippen LogP contribution in [-0.2, 0) is 9.59 Å². The normalized spacial score (nSPS) is 10.0. The van der Waals surface area contributed by atoms with Crippen molar-refractivity contribution in [2.75, 3.05) is 10.6 Å². The minimum Gasteiger partial charge on any atom is -0.326 e. The van der Waals surface area contributed by atoms with Gasteiger partial charge in [-0.15, -0.1) is 0 Å². The molecule has 0 aliphatic carbocycles. The van der Waals surface area contributed by atoms with Crippen molar-refractivity contribution in [1.82, 2.24) is 0 Å². The minimum absolute atomic E-state index is 0.304. The summed E-state index contributed by atoms with van der Waals surface area (Å²) in [6.45, 7) is 0. The zero-order valence-electron chi connectivity index (χ0n) is 10.9. The van der Waals surface area contributed by atoms with E-state index in [1.54, 1.807) is 42.5 Å². The number of anilines is 2. The van der Waals surface area contributed by atoms with E-state index < -0.39 is 11.8 Å². The van der Waals surface area contributed by atoms with Gasteiger partial charge in [-0.25, -0.2) is 0 Å². The van der Waals surface area contributed by atoms with Crippen LogP contribution in [0.5, 0.6) is 0 Å². The summed E-state index contributed by atoms with van der Waals surface area (Å²) >= 11 is 11.9. The lowest BCUT2D eigenvalue weighted by atomic mass is 10.2. The van der Waals surface area contributed by atoms with Gasteiger partial charge in [-0.1, -0.05) is 47.5 Å². The summed E-state index contributed by atoms with van der Waals surface area (Å²) in [6.07, 6.45) is -0.323. The summed E-state index contributed by atoms with van der Waals surface area (Å²) in [4.78, 5) is 23.6. The summed E-state index contributed by atoms with van der Waals surface area (Å²) in [6, 6.07) is 13.8. The Labute approximate surface area is 132 Å². The molecule has 0 heterocycles. The van der Waals surface area contributed by atoms with Crippen LogP contribution in [-0.4, -0.2) is 11.8 Å². The van der Waals surface area contributed by atoms with E-state index in [0.29, 0.717) is 21.4 Å². The van der Waals surface area contributed by atoms with E-state index in [2.05, 4.69) is 10.6 Å². The fraction of sp³-hybridized carbons (Fsp3) is 0.0667. The van der Waals surface area contributed by atoms with Crippen molar-refractivity contribution in [1.29, 1.82) is 0 Å². The van der Waals surface area contributed by atoms with Crippen molar-refractivity contribution in [3.63, 3.8) is 0 Å². The third-order valence-corrected chi connectivity index (χ3v) is 3.24. The minimum atomic E-state index is -0.488. The van der Waals surface area contributed by atoms with Crippen LogP contribution in [0.1, 0.15) is 6.42 Å². The summed E-state index contributed by atoms with van der Waals surface area (Å²) < 4.78 is 0. The molecular formula is C15H12Cl2N2O2. The first-order valence-corrected chi connectivity index (χ1v) is 6.90. The van der Waals surface area contributed by atoms with Crippen molar-refractivity contribution < 1.29 is 9.59 Å². The molecule has 108 valence electrons. The van der Waals surface area contributed by atoms with Crippen molar-refractivity contribution in [2.24, 2.45) is 0 Å². The van der Waals surface area contributed by atoms with Crippen LogP contribution in [0.3, 0.4) is 0 Å². The van der Waals surface area contributed by atoms with Crippen LogP contribution in [0.2, 0.25) is 10.0 Å². The second kappa shape index (κ2) is 7.11. The Morgan fingerprint density at radius 1 is 0.810 bits per heavy atom. The van der Waals surface area contributed by atoms with Gasteiger partial charge in [-0.2, -0.15) is 0 Å². The maximum absolute atomic E-state index is 11.8. The third-order valence-electron chi connectivity index (χ3n) is 2.61. The molecule has 2 amide bonds. The number of benzene rings is 2. The zero-order chi connectivity index (χ0) is 15.2. The van der Waals surface area contributed by atoms with Gasteiger partial charge in [0.25, 0.3) is 0 Å². The molecule has 4 nitrogen and oxygen atoms in total. The molecule has 0 radical (unpaired) electrons. The second-order valence-corrected chi connectivity index (χ2v) is 5.05. The molecule has 0 spiro atoms. The van der Waals surface area contributed by atoms with E-state index in [1.807, 2.05) is 6.07 Å². The largest absolute Gasteiger partial charge is 0.326 e. The SMILES string of the molecule is O=C(CC(=O)Nc1c(Cl)cccc1Cl)Nc1ccccc1. The molecule has 0 saturated carbocycles. The quantitative estimate of drug-likeness (QED) is 0.837. The Kier molecular flexibility index (Phi) is 5.20. The van der Waals surface area contributed by atoms with E-state index in [1.165, 1.54) is 0 Å². The number of hydrogen-bond donors (Lipinski definition) is 2. The van der Waals surface area contributed by atoms with Crippen molar-refractivity contribution in [2.45, 2.75) is 6.42 Å². The Morgan fingerprint density at radius 2 is 1.38 bits per heavy atom. The van der Waals surface area contributed by atoms with E-state index in [4.69, 9.17) is 23.2 Å². The number of amides is 2. The summed E-state index contributed by atoms with van der Waals surface area (Å²) in [5.41, 5.74) is 0.935. The standard InChI is InChI=1S/C15H12Cl2N2O2/c16-11-7-4-8-12(17)15(11)19-14(21)9-13(20)18-10-5-2-1-3-6-10/h1-8H,9H2,(H,18,20)(H,19,21). The molecule has 2 aromatic carbocycles. The van der Waals surface area contributed by atoms with Crippen molar-refractivity contribution in [3.8, 4) is 0 Å². The molecular weight excluding hydrogens is 311 g/mol. The summed E-state index contributed by atoms with van der Waals surface area (Å²) in [5, 5.41) is 5.79. The Morgan fingerprint density at radius 3 is 2.00 bits per heavy atom. The van der Waals surface area contributed by atoms with Gasteiger partial charge < -0.3 is 10.6 Å². The third kappa shape index (κ3) is 4.48. The summed E-state index contributed by atoms with van der Waals surface area (Å²) in [5.74, 6) is -0.902. The van der Waals surface area contributed by atoms with Crippen LogP contribution in [0.4, 0.5) is 11.4 Å². The van der Waals surface area contributed by atoms with E-state index in [-0.39, 0.29) is 6.42 Å². The van der Waals surface area contributed by atoms with Gasteiger partial charge in [0.1, 0.15) is 6.42 Å². The molecule has 0 aliphatic rings. The smallest absolute Gasteiger partial charge is 0.233 e. The maximum Gasteiger partial charge on any atom is 0.233 e. The Bertz CT molecular complexity index is 640. The predicted molar refractivity (Wildman–Crippen MR) is 84.8 cm³/mol. The first-order valence-electron chi connectivity index (χ1n) is 6.15. The predicted octanol–water partition coefficient (Wildman–Crippen LogP) is 3.96. The highest BCUT2D eigenvalue weighted by Crippen LogP contribution is 2.29. The molecule has 0 fully saturated rings. The fourth-order valence-corrected chi connectivity index (χ4v) is 2.17. The number of hydrogen-bond acceptors (Lipinski definition) is 2. The summed E-state index contributed by atoms with van der Waals surface area (Å²) in [7, 11) is 0. The monoisotopic (exact) mass is 322 g/mol. The molecule has 2 rings (SSSR count). The molecule has 0 aromatic heterocycles. The second-order valence-electron chi connectivity index (χ2n) is 4.24. The Hall–Kier alpha value is -2.04. The van der Waals surface area contributed by atoms with E-state index >= 15 is 0 Å². The number of halogens is 2. The van der Waals surface area contributed by atoms with Gasteiger partial charge in [0.15, 0.2) is 0 Å². The van der Waals surface area contributed by atoms with Gasteiger partial charge in [-0.05, 0) is 24.3 Å². The highest BCUT2D eigenvalue weighted by Gasteiger charge is 2.13. The molecule has 0 saturated heterocycles. The lowest BCUT2D eigenvalue weighted by molar-refractivity contribution is -0.123. The first kappa shape index (κ1) is 15.4.